The average molecular weight is 406 g/mol. The zero-order valence-corrected chi connectivity index (χ0v) is 16.1. The quantitative estimate of drug-likeness (QED) is 0.762. The minimum atomic E-state index is -3.87. The highest BCUT2D eigenvalue weighted by Gasteiger charge is 2.21. The summed E-state index contributed by atoms with van der Waals surface area (Å²) in [5.41, 5.74) is 0.692. The summed E-state index contributed by atoms with van der Waals surface area (Å²) < 4.78 is 42.8. The van der Waals surface area contributed by atoms with E-state index in [1.807, 2.05) is 0 Å². The Hall–Kier alpha value is -1.67. The standard InChI is InChI=1S/C16H17Cl2NO5S/c1-22-11-5-4-10(8-13(11)24-3)9-19-25(20,21)14-7-6-12(23-2)15(17)16(14)18/h4-8,19H,9H2,1-3H3. The maximum atomic E-state index is 12.5. The largest absolute Gasteiger partial charge is 0.495 e. The summed E-state index contributed by atoms with van der Waals surface area (Å²) in [7, 11) is 0.580. The molecule has 0 atom stereocenters. The SMILES string of the molecule is COc1ccc(CNS(=O)(=O)c2ccc(OC)c(Cl)c2Cl)cc1OC. The van der Waals surface area contributed by atoms with E-state index in [-0.39, 0.29) is 21.5 Å². The lowest BCUT2D eigenvalue weighted by Crippen LogP contribution is -2.23. The number of methoxy groups -OCH3 is 3. The molecule has 6 nitrogen and oxygen atoms in total. The Kier molecular flexibility index (Phi) is 6.40. The second kappa shape index (κ2) is 8.14. The van der Waals surface area contributed by atoms with Crippen LogP contribution >= 0.6 is 23.2 Å². The minimum absolute atomic E-state index is 0.0400. The zero-order chi connectivity index (χ0) is 18.6. The van der Waals surface area contributed by atoms with E-state index in [1.165, 1.54) is 33.5 Å². The van der Waals surface area contributed by atoms with Crippen molar-refractivity contribution in [2.75, 3.05) is 21.3 Å². The molecule has 2 aromatic carbocycles. The molecule has 0 saturated heterocycles. The van der Waals surface area contributed by atoms with Crippen LogP contribution in [0, 0.1) is 0 Å². The van der Waals surface area contributed by atoms with Gasteiger partial charge in [-0.25, -0.2) is 13.1 Å². The minimum Gasteiger partial charge on any atom is -0.495 e. The molecule has 2 rings (SSSR count). The third kappa shape index (κ3) is 4.30. The van der Waals surface area contributed by atoms with Gasteiger partial charge in [-0.1, -0.05) is 29.3 Å². The highest BCUT2D eigenvalue weighted by Crippen LogP contribution is 2.36. The summed E-state index contributed by atoms with van der Waals surface area (Å²) in [5.74, 6) is 1.36. The van der Waals surface area contributed by atoms with Gasteiger partial charge in [0.05, 0.1) is 26.4 Å². The van der Waals surface area contributed by atoms with Gasteiger partial charge in [0.1, 0.15) is 15.7 Å². The third-order valence-electron chi connectivity index (χ3n) is 3.44. The first kappa shape index (κ1) is 19.7. The van der Waals surface area contributed by atoms with Crippen molar-refractivity contribution in [1.29, 1.82) is 0 Å². The van der Waals surface area contributed by atoms with Crippen LogP contribution < -0.4 is 18.9 Å². The number of nitrogens with one attached hydrogen (secondary N) is 1. The molecule has 0 aliphatic heterocycles. The second-order valence-corrected chi connectivity index (χ2v) is 7.40. The summed E-state index contributed by atoms with van der Waals surface area (Å²) in [4.78, 5) is -0.125. The molecule has 0 spiro atoms. The molecule has 0 aliphatic rings. The highest BCUT2D eigenvalue weighted by molar-refractivity contribution is 7.89. The van der Waals surface area contributed by atoms with E-state index in [0.29, 0.717) is 22.8 Å². The number of hydrogen-bond acceptors (Lipinski definition) is 5. The van der Waals surface area contributed by atoms with E-state index >= 15 is 0 Å². The fourth-order valence-corrected chi connectivity index (χ4v) is 3.98. The molecular formula is C16H17Cl2NO5S. The average Bonchev–Trinajstić information content (AvgIpc) is 2.61. The summed E-state index contributed by atoms with van der Waals surface area (Å²) >= 11 is 12.1. The first-order valence-electron chi connectivity index (χ1n) is 7.06. The Morgan fingerprint density at radius 2 is 1.48 bits per heavy atom. The molecule has 136 valence electrons. The van der Waals surface area contributed by atoms with Gasteiger partial charge in [-0.15, -0.1) is 0 Å². The van der Waals surface area contributed by atoms with Crippen LogP contribution in [0.1, 0.15) is 5.56 Å². The van der Waals surface area contributed by atoms with Crippen LogP contribution in [0.15, 0.2) is 35.2 Å². The molecule has 2 aromatic rings. The van der Waals surface area contributed by atoms with E-state index < -0.39 is 10.0 Å². The Bertz CT molecular complexity index is 871. The molecule has 0 amide bonds. The van der Waals surface area contributed by atoms with Crippen LogP contribution in [0.5, 0.6) is 17.2 Å². The summed E-state index contributed by atoms with van der Waals surface area (Å²) in [6, 6.07) is 7.89. The molecule has 0 heterocycles. The number of benzene rings is 2. The lowest BCUT2D eigenvalue weighted by atomic mass is 10.2. The Morgan fingerprint density at radius 3 is 2.08 bits per heavy atom. The Labute approximate surface area is 156 Å². The maximum Gasteiger partial charge on any atom is 0.242 e. The monoisotopic (exact) mass is 405 g/mol. The molecule has 0 fully saturated rings. The van der Waals surface area contributed by atoms with Gasteiger partial charge >= 0.3 is 0 Å². The number of ether oxygens (including phenoxy) is 3. The van der Waals surface area contributed by atoms with Gasteiger partial charge in [-0.2, -0.15) is 0 Å². The van der Waals surface area contributed by atoms with Gasteiger partial charge in [0.2, 0.25) is 10.0 Å². The smallest absolute Gasteiger partial charge is 0.242 e. The van der Waals surface area contributed by atoms with Crippen molar-refractivity contribution in [3.05, 3.63) is 45.9 Å². The van der Waals surface area contributed by atoms with Crippen LogP contribution in [-0.2, 0) is 16.6 Å². The van der Waals surface area contributed by atoms with Gasteiger partial charge in [-0.3, -0.25) is 0 Å². The van der Waals surface area contributed by atoms with Crippen molar-refractivity contribution >= 4 is 33.2 Å². The molecule has 0 radical (unpaired) electrons. The molecule has 1 N–H and O–H groups in total. The molecule has 0 aliphatic carbocycles. The van der Waals surface area contributed by atoms with Gasteiger partial charge in [0.15, 0.2) is 11.5 Å². The molecular weight excluding hydrogens is 389 g/mol. The number of halogens is 2. The summed E-state index contributed by atoms with van der Waals surface area (Å²) in [6.45, 7) is 0.0443. The van der Waals surface area contributed by atoms with E-state index in [9.17, 15) is 8.42 Å². The first-order valence-corrected chi connectivity index (χ1v) is 9.30. The lowest BCUT2D eigenvalue weighted by Gasteiger charge is -2.13. The fourth-order valence-electron chi connectivity index (χ4n) is 2.13. The van der Waals surface area contributed by atoms with E-state index in [1.54, 1.807) is 18.2 Å². The van der Waals surface area contributed by atoms with Crippen molar-refractivity contribution in [3.8, 4) is 17.2 Å². The normalized spacial score (nSPS) is 11.2. The van der Waals surface area contributed by atoms with Gasteiger partial charge in [0, 0.05) is 6.54 Å². The van der Waals surface area contributed by atoms with E-state index in [0.717, 1.165) is 0 Å². The Morgan fingerprint density at radius 1 is 0.880 bits per heavy atom. The van der Waals surface area contributed by atoms with Crippen LogP contribution in [0.2, 0.25) is 10.0 Å². The van der Waals surface area contributed by atoms with Crippen LogP contribution in [0.3, 0.4) is 0 Å². The predicted octanol–water partition coefficient (Wildman–Crippen LogP) is 3.50. The second-order valence-electron chi connectivity index (χ2n) is 4.91. The van der Waals surface area contributed by atoms with Gasteiger partial charge in [-0.05, 0) is 29.8 Å². The molecule has 0 saturated carbocycles. The predicted molar refractivity (Wildman–Crippen MR) is 96.6 cm³/mol. The summed E-state index contributed by atoms with van der Waals surface area (Å²) in [6.07, 6.45) is 0. The van der Waals surface area contributed by atoms with Crippen molar-refractivity contribution in [3.63, 3.8) is 0 Å². The van der Waals surface area contributed by atoms with Crippen molar-refractivity contribution in [1.82, 2.24) is 4.72 Å². The molecule has 0 unspecified atom stereocenters. The Balaban J connectivity index is 2.24. The first-order chi connectivity index (χ1) is 11.8. The van der Waals surface area contributed by atoms with E-state index in [4.69, 9.17) is 37.4 Å². The molecule has 25 heavy (non-hydrogen) atoms. The van der Waals surface area contributed by atoms with Crippen LogP contribution in [0.4, 0.5) is 0 Å². The van der Waals surface area contributed by atoms with Crippen molar-refractivity contribution < 1.29 is 22.6 Å². The molecule has 0 aromatic heterocycles. The highest BCUT2D eigenvalue weighted by atomic mass is 35.5. The number of rotatable bonds is 7. The van der Waals surface area contributed by atoms with Crippen LogP contribution in [-0.4, -0.2) is 29.7 Å². The molecule has 9 heteroatoms. The fraction of sp³-hybridized carbons (Fsp3) is 0.250. The zero-order valence-electron chi connectivity index (χ0n) is 13.8. The summed E-state index contributed by atoms with van der Waals surface area (Å²) in [5, 5.41) is -0.0565. The molecule has 0 bridgehead atoms. The van der Waals surface area contributed by atoms with Gasteiger partial charge in [0.25, 0.3) is 0 Å². The lowest BCUT2D eigenvalue weighted by molar-refractivity contribution is 0.354. The van der Waals surface area contributed by atoms with Crippen LogP contribution in [0.25, 0.3) is 0 Å². The maximum absolute atomic E-state index is 12.5. The van der Waals surface area contributed by atoms with Crippen molar-refractivity contribution in [2.45, 2.75) is 11.4 Å². The van der Waals surface area contributed by atoms with E-state index in [2.05, 4.69) is 4.72 Å². The number of sulfonamides is 1. The third-order valence-corrected chi connectivity index (χ3v) is 5.86. The van der Waals surface area contributed by atoms with Gasteiger partial charge < -0.3 is 14.2 Å². The topological polar surface area (TPSA) is 73.9 Å². The van der Waals surface area contributed by atoms with Crippen molar-refractivity contribution in [2.24, 2.45) is 0 Å². The number of hydrogen-bond donors (Lipinski definition) is 1.